The number of amides is 2. The molecular formula is C21H28N2O2S. The van der Waals surface area contributed by atoms with E-state index in [2.05, 4.69) is 10.9 Å². The van der Waals surface area contributed by atoms with Gasteiger partial charge >= 0.3 is 0 Å². The van der Waals surface area contributed by atoms with E-state index >= 15 is 0 Å². The van der Waals surface area contributed by atoms with Gasteiger partial charge in [0.1, 0.15) is 0 Å². The van der Waals surface area contributed by atoms with Crippen LogP contribution >= 0.6 is 11.8 Å². The second-order valence-corrected chi connectivity index (χ2v) is 9.60. The molecule has 0 heterocycles. The molecule has 4 bridgehead atoms. The normalized spacial score (nSPS) is 31.7. The van der Waals surface area contributed by atoms with Crippen LogP contribution in [0.2, 0.25) is 0 Å². The van der Waals surface area contributed by atoms with Gasteiger partial charge in [-0.15, -0.1) is 0 Å². The SMILES string of the molecule is CSCc1cccc(C(=O)NNC(=O)CC23CC4CC(CC(C4)C2)C3)c1. The average Bonchev–Trinajstić information content (AvgIpc) is 2.58. The van der Waals surface area contributed by atoms with Crippen LogP contribution in [0.4, 0.5) is 0 Å². The molecule has 4 fully saturated rings. The van der Waals surface area contributed by atoms with Gasteiger partial charge in [-0.2, -0.15) is 11.8 Å². The maximum absolute atomic E-state index is 12.5. The molecule has 4 aliphatic carbocycles. The van der Waals surface area contributed by atoms with E-state index in [4.69, 9.17) is 0 Å². The van der Waals surface area contributed by atoms with Gasteiger partial charge in [-0.05, 0) is 85.6 Å². The van der Waals surface area contributed by atoms with E-state index in [-0.39, 0.29) is 17.2 Å². The van der Waals surface area contributed by atoms with Gasteiger partial charge < -0.3 is 0 Å². The third kappa shape index (κ3) is 3.78. The van der Waals surface area contributed by atoms with Crippen LogP contribution in [0.5, 0.6) is 0 Å². The lowest BCUT2D eigenvalue weighted by molar-refractivity contribution is -0.130. The smallest absolute Gasteiger partial charge is 0.269 e. The first-order valence-corrected chi connectivity index (χ1v) is 11.1. The third-order valence-electron chi connectivity index (χ3n) is 6.52. The molecule has 4 saturated carbocycles. The van der Waals surface area contributed by atoms with E-state index in [1.165, 1.54) is 38.5 Å². The standard InChI is InChI=1S/C21H28N2O2S/c1-26-13-14-3-2-4-18(8-14)20(25)23-22-19(24)12-21-9-15-5-16(10-21)7-17(6-15)11-21/h2-4,8,15-17H,5-7,9-13H2,1H3,(H,22,24)(H,23,25). The van der Waals surface area contributed by atoms with E-state index in [0.29, 0.717) is 12.0 Å². The van der Waals surface area contributed by atoms with Crippen LogP contribution in [-0.4, -0.2) is 18.1 Å². The zero-order chi connectivity index (χ0) is 18.1. The molecule has 140 valence electrons. The number of rotatable bonds is 5. The zero-order valence-corrected chi connectivity index (χ0v) is 16.2. The summed E-state index contributed by atoms with van der Waals surface area (Å²) in [7, 11) is 0. The van der Waals surface area contributed by atoms with Crippen molar-refractivity contribution in [2.24, 2.45) is 23.2 Å². The molecule has 5 heteroatoms. The van der Waals surface area contributed by atoms with E-state index in [1.807, 2.05) is 24.5 Å². The Morgan fingerprint density at radius 2 is 1.73 bits per heavy atom. The molecule has 5 rings (SSSR count). The molecule has 4 nitrogen and oxygen atoms in total. The summed E-state index contributed by atoms with van der Waals surface area (Å²) in [4.78, 5) is 24.8. The van der Waals surface area contributed by atoms with E-state index in [9.17, 15) is 9.59 Å². The molecule has 2 N–H and O–H groups in total. The highest BCUT2D eigenvalue weighted by Gasteiger charge is 2.51. The molecule has 26 heavy (non-hydrogen) atoms. The number of carbonyl (C=O) groups is 2. The molecule has 0 aromatic heterocycles. The summed E-state index contributed by atoms with van der Waals surface area (Å²) in [6.07, 6.45) is 10.4. The topological polar surface area (TPSA) is 58.2 Å². The zero-order valence-electron chi connectivity index (χ0n) is 15.4. The lowest BCUT2D eigenvalue weighted by Gasteiger charge is -2.56. The van der Waals surface area contributed by atoms with E-state index in [1.54, 1.807) is 17.8 Å². The van der Waals surface area contributed by atoms with Crippen molar-refractivity contribution in [2.45, 2.75) is 50.7 Å². The maximum Gasteiger partial charge on any atom is 0.269 e. The maximum atomic E-state index is 12.5. The van der Waals surface area contributed by atoms with Crippen molar-refractivity contribution in [1.82, 2.24) is 10.9 Å². The predicted molar refractivity (Wildman–Crippen MR) is 104 cm³/mol. The van der Waals surface area contributed by atoms with Crippen LogP contribution in [0.3, 0.4) is 0 Å². The van der Waals surface area contributed by atoms with Crippen LogP contribution in [-0.2, 0) is 10.5 Å². The van der Waals surface area contributed by atoms with Crippen molar-refractivity contribution in [3.8, 4) is 0 Å². The lowest BCUT2D eigenvalue weighted by atomic mass is 9.49. The first kappa shape index (κ1) is 17.9. The van der Waals surface area contributed by atoms with Gasteiger partial charge in [-0.1, -0.05) is 12.1 Å². The van der Waals surface area contributed by atoms with Gasteiger partial charge in [0.15, 0.2) is 0 Å². The van der Waals surface area contributed by atoms with Crippen molar-refractivity contribution < 1.29 is 9.59 Å². The Bertz CT molecular complexity index is 668. The van der Waals surface area contributed by atoms with Gasteiger partial charge in [0.2, 0.25) is 5.91 Å². The number of carbonyl (C=O) groups excluding carboxylic acids is 2. The first-order chi connectivity index (χ1) is 12.5. The molecule has 0 unspecified atom stereocenters. The van der Waals surface area contributed by atoms with Crippen LogP contribution < -0.4 is 10.9 Å². The summed E-state index contributed by atoms with van der Waals surface area (Å²) in [6.45, 7) is 0. The van der Waals surface area contributed by atoms with Crippen molar-refractivity contribution in [2.75, 3.05) is 6.26 Å². The second-order valence-electron chi connectivity index (χ2n) is 8.73. The molecule has 0 aliphatic heterocycles. The van der Waals surface area contributed by atoms with Crippen molar-refractivity contribution >= 4 is 23.6 Å². The number of hydrogen-bond donors (Lipinski definition) is 2. The monoisotopic (exact) mass is 372 g/mol. The summed E-state index contributed by atoms with van der Waals surface area (Å²) in [6, 6.07) is 7.57. The Morgan fingerprint density at radius 1 is 1.08 bits per heavy atom. The molecule has 0 atom stereocenters. The van der Waals surface area contributed by atoms with Crippen LogP contribution in [0.15, 0.2) is 24.3 Å². The molecule has 0 spiro atoms. The Morgan fingerprint density at radius 3 is 2.35 bits per heavy atom. The van der Waals surface area contributed by atoms with E-state index < -0.39 is 0 Å². The Hall–Kier alpha value is -1.49. The number of nitrogens with one attached hydrogen (secondary N) is 2. The molecule has 0 saturated heterocycles. The molecule has 1 aromatic rings. The Balaban J connectivity index is 1.31. The predicted octanol–water partition coefficient (Wildman–Crippen LogP) is 3.92. The molecule has 2 amide bonds. The van der Waals surface area contributed by atoms with Crippen LogP contribution in [0, 0.1) is 23.2 Å². The fourth-order valence-electron chi connectivity index (χ4n) is 6.06. The third-order valence-corrected chi connectivity index (χ3v) is 7.14. The summed E-state index contributed by atoms with van der Waals surface area (Å²) in [5.41, 5.74) is 7.17. The van der Waals surface area contributed by atoms with Crippen LogP contribution in [0.1, 0.15) is 60.9 Å². The Labute approximate surface area is 159 Å². The van der Waals surface area contributed by atoms with Gasteiger partial charge in [0.05, 0.1) is 0 Å². The number of benzene rings is 1. The summed E-state index contributed by atoms with van der Waals surface area (Å²) in [5, 5.41) is 0. The first-order valence-electron chi connectivity index (χ1n) is 9.72. The highest BCUT2D eigenvalue weighted by Crippen LogP contribution is 2.61. The molecule has 4 aliphatic rings. The number of hydrogen-bond acceptors (Lipinski definition) is 3. The highest BCUT2D eigenvalue weighted by atomic mass is 32.2. The minimum absolute atomic E-state index is 0.0411. The fraction of sp³-hybridized carbons (Fsp3) is 0.619. The van der Waals surface area contributed by atoms with Gasteiger partial charge in [-0.25, -0.2) is 0 Å². The fourth-order valence-corrected chi connectivity index (χ4v) is 6.57. The van der Waals surface area contributed by atoms with Crippen molar-refractivity contribution in [1.29, 1.82) is 0 Å². The van der Waals surface area contributed by atoms with Crippen molar-refractivity contribution in [3.05, 3.63) is 35.4 Å². The molecule has 1 aromatic carbocycles. The highest BCUT2D eigenvalue weighted by molar-refractivity contribution is 7.97. The second kappa shape index (κ2) is 7.26. The summed E-state index contributed by atoms with van der Waals surface area (Å²) in [5.74, 6) is 3.10. The quantitative estimate of drug-likeness (QED) is 0.770. The average molecular weight is 373 g/mol. The lowest BCUT2D eigenvalue weighted by Crippen LogP contribution is -2.50. The summed E-state index contributed by atoms with van der Waals surface area (Å²) < 4.78 is 0. The van der Waals surface area contributed by atoms with Gasteiger partial charge in [-0.3, -0.25) is 20.4 Å². The van der Waals surface area contributed by atoms with Crippen LogP contribution in [0.25, 0.3) is 0 Å². The number of thioether (sulfide) groups is 1. The van der Waals surface area contributed by atoms with Crippen molar-refractivity contribution in [3.63, 3.8) is 0 Å². The number of hydrazine groups is 1. The minimum atomic E-state index is -0.244. The largest absolute Gasteiger partial charge is 0.273 e. The Kier molecular flexibility index (Phi) is 5.00. The van der Waals surface area contributed by atoms with Gasteiger partial charge in [0.25, 0.3) is 5.91 Å². The van der Waals surface area contributed by atoms with E-state index in [0.717, 1.165) is 29.1 Å². The molecule has 0 radical (unpaired) electrons. The summed E-state index contributed by atoms with van der Waals surface area (Å²) >= 11 is 1.72. The van der Waals surface area contributed by atoms with Gasteiger partial charge in [0, 0.05) is 17.7 Å². The molecular weight excluding hydrogens is 344 g/mol. The minimum Gasteiger partial charge on any atom is -0.273 e.